The van der Waals surface area contributed by atoms with Gasteiger partial charge in [-0.05, 0) is 36.2 Å². The summed E-state index contributed by atoms with van der Waals surface area (Å²) >= 11 is 0. The molecule has 21 heavy (non-hydrogen) atoms. The van der Waals surface area contributed by atoms with Crippen molar-refractivity contribution in [3.05, 3.63) is 53.9 Å². The van der Waals surface area contributed by atoms with Crippen LogP contribution < -0.4 is 10.6 Å². The predicted octanol–water partition coefficient (Wildman–Crippen LogP) is 2.65. The van der Waals surface area contributed by atoms with Crippen molar-refractivity contribution in [2.75, 3.05) is 17.2 Å². The van der Waals surface area contributed by atoms with Gasteiger partial charge in [0.2, 0.25) is 0 Å². The Hall–Kier alpha value is -2.40. The standard InChI is InChI=1S/C16H19N3O2/c1-2-8-17-14-7-9-18-15(10-14)16(21)19-13-5-3-12(11-20)4-6-13/h3-7,9-10,20H,2,8,11H2,1H3,(H,17,18)(H,19,21). The fraction of sp³-hybridized carbons (Fsp3) is 0.250. The summed E-state index contributed by atoms with van der Waals surface area (Å²) in [5, 5.41) is 15.0. The van der Waals surface area contributed by atoms with E-state index in [9.17, 15) is 4.79 Å². The molecule has 110 valence electrons. The number of aromatic nitrogens is 1. The smallest absolute Gasteiger partial charge is 0.274 e. The zero-order valence-electron chi connectivity index (χ0n) is 12.0. The van der Waals surface area contributed by atoms with E-state index in [0.29, 0.717) is 11.4 Å². The summed E-state index contributed by atoms with van der Waals surface area (Å²) in [5.74, 6) is -0.258. The third-order valence-corrected chi connectivity index (χ3v) is 2.97. The zero-order chi connectivity index (χ0) is 15.1. The van der Waals surface area contributed by atoms with Crippen molar-refractivity contribution in [3.63, 3.8) is 0 Å². The second-order valence-electron chi connectivity index (χ2n) is 4.67. The fourth-order valence-electron chi connectivity index (χ4n) is 1.82. The van der Waals surface area contributed by atoms with E-state index in [2.05, 4.69) is 22.5 Å². The molecule has 0 unspecified atom stereocenters. The zero-order valence-corrected chi connectivity index (χ0v) is 12.0. The number of pyridine rings is 1. The second kappa shape index (κ2) is 7.40. The quantitative estimate of drug-likeness (QED) is 0.763. The van der Waals surface area contributed by atoms with Gasteiger partial charge in [0.05, 0.1) is 6.61 Å². The number of amides is 1. The molecule has 0 aliphatic carbocycles. The summed E-state index contributed by atoms with van der Waals surface area (Å²) in [6, 6.07) is 10.6. The van der Waals surface area contributed by atoms with Crippen molar-refractivity contribution >= 4 is 17.3 Å². The highest BCUT2D eigenvalue weighted by molar-refractivity contribution is 6.03. The van der Waals surface area contributed by atoms with E-state index in [1.807, 2.05) is 6.07 Å². The van der Waals surface area contributed by atoms with Crippen LogP contribution in [0.15, 0.2) is 42.6 Å². The van der Waals surface area contributed by atoms with Gasteiger partial charge < -0.3 is 15.7 Å². The van der Waals surface area contributed by atoms with Gasteiger partial charge in [-0.2, -0.15) is 0 Å². The first-order valence-electron chi connectivity index (χ1n) is 6.94. The van der Waals surface area contributed by atoms with Crippen LogP contribution in [-0.4, -0.2) is 22.5 Å². The van der Waals surface area contributed by atoms with Crippen LogP contribution in [0.3, 0.4) is 0 Å². The first-order chi connectivity index (χ1) is 10.2. The number of hydrogen-bond donors (Lipinski definition) is 3. The van der Waals surface area contributed by atoms with E-state index in [-0.39, 0.29) is 12.5 Å². The molecular weight excluding hydrogens is 266 g/mol. The molecular formula is C16H19N3O2. The fourth-order valence-corrected chi connectivity index (χ4v) is 1.82. The molecule has 1 amide bonds. The number of nitrogens with zero attached hydrogens (tertiary/aromatic N) is 1. The van der Waals surface area contributed by atoms with Gasteiger partial charge in [0, 0.05) is 24.1 Å². The van der Waals surface area contributed by atoms with E-state index in [4.69, 9.17) is 5.11 Å². The van der Waals surface area contributed by atoms with E-state index in [1.54, 1.807) is 36.5 Å². The van der Waals surface area contributed by atoms with Crippen LogP contribution in [0.5, 0.6) is 0 Å². The van der Waals surface area contributed by atoms with Gasteiger partial charge in [-0.15, -0.1) is 0 Å². The monoisotopic (exact) mass is 285 g/mol. The van der Waals surface area contributed by atoms with Crippen LogP contribution in [0, 0.1) is 0 Å². The van der Waals surface area contributed by atoms with Crippen LogP contribution in [-0.2, 0) is 6.61 Å². The van der Waals surface area contributed by atoms with Crippen molar-refractivity contribution in [2.24, 2.45) is 0 Å². The summed E-state index contributed by atoms with van der Waals surface area (Å²) in [6.45, 7) is 2.92. The Morgan fingerprint density at radius 1 is 1.19 bits per heavy atom. The number of aliphatic hydroxyl groups excluding tert-OH is 1. The second-order valence-corrected chi connectivity index (χ2v) is 4.67. The molecule has 0 radical (unpaired) electrons. The van der Waals surface area contributed by atoms with E-state index >= 15 is 0 Å². The molecule has 0 aliphatic heterocycles. The summed E-state index contributed by atoms with van der Waals surface area (Å²) in [6.07, 6.45) is 2.63. The van der Waals surface area contributed by atoms with Crippen molar-refractivity contribution < 1.29 is 9.90 Å². The number of anilines is 2. The van der Waals surface area contributed by atoms with E-state index in [0.717, 1.165) is 24.2 Å². The van der Waals surface area contributed by atoms with E-state index in [1.165, 1.54) is 0 Å². The Labute approximate surface area is 124 Å². The topological polar surface area (TPSA) is 74.2 Å². The number of carbonyl (C=O) groups is 1. The number of rotatable bonds is 6. The van der Waals surface area contributed by atoms with Crippen LogP contribution in [0.4, 0.5) is 11.4 Å². The molecule has 1 heterocycles. The molecule has 5 heteroatoms. The van der Waals surface area contributed by atoms with Gasteiger partial charge in [-0.1, -0.05) is 19.1 Å². The number of aliphatic hydroxyl groups is 1. The molecule has 3 N–H and O–H groups in total. The highest BCUT2D eigenvalue weighted by atomic mass is 16.3. The highest BCUT2D eigenvalue weighted by Gasteiger charge is 2.08. The predicted molar refractivity (Wildman–Crippen MR) is 83.3 cm³/mol. The third-order valence-electron chi connectivity index (χ3n) is 2.97. The van der Waals surface area contributed by atoms with Crippen molar-refractivity contribution in [1.82, 2.24) is 4.98 Å². The lowest BCUT2D eigenvalue weighted by Crippen LogP contribution is -2.14. The first kappa shape index (κ1) is 15.0. The van der Waals surface area contributed by atoms with Crippen molar-refractivity contribution in [1.29, 1.82) is 0 Å². The first-order valence-corrected chi connectivity index (χ1v) is 6.94. The summed E-state index contributed by atoms with van der Waals surface area (Å²) < 4.78 is 0. The molecule has 1 aromatic heterocycles. The molecule has 0 fully saturated rings. The van der Waals surface area contributed by atoms with E-state index < -0.39 is 0 Å². The van der Waals surface area contributed by atoms with Gasteiger partial charge in [0.15, 0.2) is 0 Å². The molecule has 0 saturated heterocycles. The van der Waals surface area contributed by atoms with Crippen molar-refractivity contribution in [3.8, 4) is 0 Å². The molecule has 0 spiro atoms. The number of benzene rings is 1. The normalized spacial score (nSPS) is 10.2. The Morgan fingerprint density at radius 3 is 2.62 bits per heavy atom. The minimum atomic E-state index is -0.258. The average molecular weight is 285 g/mol. The number of nitrogens with one attached hydrogen (secondary N) is 2. The van der Waals surface area contributed by atoms with Crippen LogP contribution in [0.2, 0.25) is 0 Å². The lowest BCUT2D eigenvalue weighted by atomic mass is 10.2. The lowest BCUT2D eigenvalue weighted by molar-refractivity contribution is 0.102. The largest absolute Gasteiger partial charge is 0.392 e. The SMILES string of the molecule is CCCNc1ccnc(C(=O)Nc2ccc(CO)cc2)c1. The molecule has 0 atom stereocenters. The molecule has 2 aromatic rings. The van der Waals surface area contributed by atoms with Crippen molar-refractivity contribution in [2.45, 2.75) is 20.0 Å². The Balaban J connectivity index is 2.05. The van der Waals surface area contributed by atoms with Crippen LogP contribution in [0.1, 0.15) is 29.4 Å². The Bertz CT molecular complexity index is 597. The minimum absolute atomic E-state index is 0.0130. The molecule has 0 saturated carbocycles. The van der Waals surface area contributed by atoms with Crippen LogP contribution in [0.25, 0.3) is 0 Å². The summed E-state index contributed by atoms with van der Waals surface area (Å²) in [7, 11) is 0. The molecule has 1 aromatic carbocycles. The van der Waals surface area contributed by atoms with Gasteiger partial charge in [-0.3, -0.25) is 9.78 Å². The highest BCUT2D eigenvalue weighted by Crippen LogP contribution is 2.13. The number of hydrogen-bond acceptors (Lipinski definition) is 4. The van der Waals surface area contributed by atoms with Gasteiger partial charge in [0.1, 0.15) is 5.69 Å². The maximum Gasteiger partial charge on any atom is 0.274 e. The molecule has 5 nitrogen and oxygen atoms in total. The molecule has 2 rings (SSSR count). The average Bonchev–Trinajstić information content (AvgIpc) is 2.54. The van der Waals surface area contributed by atoms with Gasteiger partial charge in [-0.25, -0.2) is 0 Å². The minimum Gasteiger partial charge on any atom is -0.392 e. The van der Waals surface area contributed by atoms with Gasteiger partial charge >= 0.3 is 0 Å². The third kappa shape index (κ3) is 4.29. The Kier molecular flexibility index (Phi) is 5.29. The van der Waals surface area contributed by atoms with Gasteiger partial charge in [0.25, 0.3) is 5.91 Å². The molecule has 0 bridgehead atoms. The molecule has 0 aliphatic rings. The maximum atomic E-state index is 12.1. The Morgan fingerprint density at radius 2 is 1.95 bits per heavy atom. The number of carbonyl (C=O) groups excluding carboxylic acids is 1. The van der Waals surface area contributed by atoms with Crippen LogP contribution >= 0.6 is 0 Å². The summed E-state index contributed by atoms with van der Waals surface area (Å²) in [4.78, 5) is 16.2. The lowest BCUT2D eigenvalue weighted by Gasteiger charge is -2.08. The maximum absolute atomic E-state index is 12.1. The summed E-state index contributed by atoms with van der Waals surface area (Å²) in [5.41, 5.74) is 2.72.